The van der Waals surface area contributed by atoms with E-state index in [9.17, 15) is 0 Å². The fourth-order valence-electron chi connectivity index (χ4n) is 3.33. The zero-order valence-electron chi connectivity index (χ0n) is 12.9. The SMILES string of the molecule is N#Cc1cccc(CNC[C@]2(N3CCOCC3)CCSC2)c1. The number of nitrogens with zero attached hydrogens (tertiary/aromatic N) is 2. The molecule has 4 nitrogen and oxygen atoms in total. The molecule has 0 radical (unpaired) electrons. The molecule has 2 aliphatic rings. The minimum Gasteiger partial charge on any atom is -0.379 e. The number of hydrogen-bond acceptors (Lipinski definition) is 5. The van der Waals surface area contributed by atoms with Crippen LogP contribution in [0.25, 0.3) is 0 Å². The Balaban J connectivity index is 1.58. The van der Waals surface area contributed by atoms with Crippen molar-refractivity contribution in [2.24, 2.45) is 0 Å². The molecule has 0 aromatic heterocycles. The van der Waals surface area contributed by atoms with E-state index in [1.165, 1.54) is 23.5 Å². The van der Waals surface area contributed by atoms with Crippen molar-refractivity contribution in [3.63, 3.8) is 0 Å². The van der Waals surface area contributed by atoms with Gasteiger partial charge in [-0.1, -0.05) is 12.1 Å². The third kappa shape index (κ3) is 3.64. The summed E-state index contributed by atoms with van der Waals surface area (Å²) in [7, 11) is 0. The first-order valence-corrected chi connectivity index (χ1v) is 9.08. The molecule has 118 valence electrons. The van der Waals surface area contributed by atoms with Gasteiger partial charge in [0, 0.05) is 37.5 Å². The lowest BCUT2D eigenvalue weighted by molar-refractivity contribution is -0.0134. The van der Waals surface area contributed by atoms with E-state index in [1.807, 2.05) is 18.2 Å². The van der Waals surface area contributed by atoms with E-state index < -0.39 is 0 Å². The maximum atomic E-state index is 8.98. The van der Waals surface area contributed by atoms with Crippen molar-refractivity contribution >= 4 is 11.8 Å². The van der Waals surface area contributed by atoms with Gasteiger partial charge in [0.15, 0.2) is 0 Å². The number of benzene rings is 1. The molecule has 22 heavy (non-hydrogen) atoms. The molecule has 2 saturated heterocycles. The van der Waals surface area contributed by atoms with Gasteiger partial charge in [-0.05, 0) is 29.9 Å². The Morgan fingerprint density at radius 3 is 2.95 bits per heavy atom. The summed E-state index contributed by atoms with van der Waals surface area (Å²) < 4.78 is 5.50. The maximum absolute atomic E-state index is 8.98. The molecule has 3 rings (SSSR count). The minimum absolute atomic E-state index is 0.279. The summed E-state index contributed by atoms with van der Waals surface area (Å²) in [4.78, 5) is 2.62. The van der Waals surface area contributed by atoms with E-state index in [0.29, 0.717) is 0 Å². The molecule has 1 N–H and O–H groups in total. The van der Waals surface area contributed by atoms with Crippen molar-refractivity contribution in [1.29, 1.82) is 5.26 Å². The van der Waals surface area contributed by atoms with Crippen LogP contribution in [0.4, 0.5) is 0 Å². The number of ether oxygens (including phenoxy) is 1. The second-order valence-corrected chi connectivity index (χ2v) is 7.15. The van der Waals surface area contributed by atoms with Crippen LogP contribution in [-0.2, 0) is 11.3 Å². The van der Waals surface area contributed by atoms with Gasteiger partial charge in [-0.15, -0.1) is 0 Å². The van der Waals surface area contributed by atoms with Gasteiger partial charge in [-0.3, -0.25) is 4.90 Å². The Morgan fingerprint density at radius 1 is 1.36 bits per heavy atom. The van der Waals surface area contributed by atoms with Crippen molar-refractivity contribution < 1.29 is 4.74 Å². The quantitative estimate of drug-likeness (QED) is 0.898. The van der Waals surface area contributed by atoms with Crippen LogP contribution in [0.5, 0.6) is 0 Å². The third-order valence-electron chi connectivity index (χ3n) is 4.60. The second kappa shape index (κ2) is 7.47. The van der Waals surface area contributed by atoms with E-state index in [1.54, 1.807) is 0 Å². The molecule has 0 bridgehead atoms. The summed E-state index contributed by atoms with van der Waals surface area (Å²) in [5.41, 5.74) is 2.20. The first-order chi connectivity index (χ1) is 10.8. The molecule has 0 aliphatic carbocycles. The molecule has 0 amide bonds. The van der Waals surface area contributed by atoms with Gasteiger partial charge >= 0.3 is 0 Å². The molecule has 0 spiro atoms. The Morgan fingerprint density at radius 2 is 2.23 bits per heavy atom. The summed E-state index contributed by atoms with van der Waals surface area (Å²) in [6.45, 7) is 5.65. The van der Waals surface area contributed by atoms with E-state index in [0.717, 1.165) is 45.0 Å². The lowest BCUT2D eigenvalue weighted by Crippen LogP contribution is -2.58. The minimum atomic E-state index is 0.279. The average Bonchev–Trinajstić information content (AvgIpc) is 3.06. The maximum Gasteiger partial charge on any atom is 0.0991 e. The first-order valence-electron chi connectivity index (χ1n) is 7.93. The predicted octanol–water partition coefficient (Wildman–Crippen LogP) is 1.86. The third-order valence-corrected chi connectivity index (χ3v) is 5.84. The van der Waals surface area contributed by atoms with Crippen LogP contribution < -0.4 is 5.32 Å². The molecule has 0 unspecified atom stereocenters. The van der Waals surface area contributed by atoms with Crippen LogP contribution in [0, 0.1) is 11.3 Å². The van der Waals surface area contributed by atoms with Gasteiger partial charge in [0.2, 0.25) is 0 Å². The van der Waals surface area contributed by atoms with Crippen molar-refractivity contribution in [2.75, 3.05) is 44.4 Å². The van der Waals surface area contributed by atoms with Crippen molar-refractivity contribution in [2.45, 2.75) is 18.5 Å². The monoisotopic (exact) mass is 317 g/mol. The Kier molecular flexibility index (Phi) is 5.37. The highest BCUT2D eigenvalue weighted by atomic mass is 32.2. The number of thioether (sulfide) groups is 1. The van der Waals surface area contributed by atoms with Gasteiger partial charge < -0.3 is 10.1 Å². The van der Waals surface area contributed by atoms with Crippen LogP contribution in [0.15, 0.2) is 24.3 Å². The molecule has 2 fully saturated rings. The molecule has 0 saturated carbocycles. The molecular weight excluding hydrogens is 294 g/mol. The highest BCUT2D eigenvalue weighted by Crippen LogP contribution is 2.33. The van der Waals surface area contributed by atoms with Crippen molar-refractivity contribution in [3.8, 4) is 6.07 Å². The first kappa shape index (κ1) is 15.8. The average molecular weight is 317 g/mol. The van der Waals surface area contributed by atoms with Gasteiger partial charge in [-0.25, -0.2) is 0 Å². The van der Waals surface area contributed by atoms with E-state index >= 15 is 0 Å². The Bertz CT molecular complexity index is 531. The molecule has 1 aromatic carbocycles. The lowest BCUT2D eigenvalue weighted by atomic mass is 9.95. The van der Waals surface area contributed by atoms with E-state index in [2.05, 4.69) is 34.1 Å². The molecule has 2 heterocycles. The summed E-state index contributed by atoms with van der Waals surface area (Å²) >= 11 is 2.06. The normalized spacial score (nSPS) is 26.0. The van der Waals surface area contributed by atoms with Crippen molar-refractivity contribution in [1.82, 2.24) is 10.2 Å². The molecule has 1 atom stereocenters. The number of nitrogens with one attached hydrogen (secondary N) is 1. The summed E-state index contributed by atoms with van der Waals surface area (Å²) in [5, 5.41) is 12.6. The van der Waals surface area contributed by atoms with Gasteiger partial charge in [0.25, 0.3) is 0 Å². The van der Waals surface area contributed by atoms with E-state index in [-0.39, 0.29) is 5.54 Å². The second-order valence-electron chi connectivity index (χ2n) is 6.04. The summed E-state index contributed by atoms with van der Waals surface area (Å²) in [5.74, 6) is 2.46. The van der Waals surface area contributed by atoms with Crippen molar-refractivity contribution in [3.05, 3.63) is 35.4 Å². The number of rotatable bonds is 5. The summed E-state index contributed by atoms with van der Waals surface area (Å²) in [6.07, 6.45) is 1.25. The molecule has 1 aromatic rings. The fourth-order valence-corrected chi connectivity index (χ4v) is 4.80. The Labute approximate surface area is 136 Å². The molecule has 5 heteroatoms. The van der Waals surface area contributed by atoms with E-state index in [4.69, 9.17) is 10.00 Å². The van der Waals surface area contributed by atoms with Crippen LogP contribution >= 0.6 is 11.8 Å². The fraction of sp³-hybridized carbons (Fsp3) is 0.588. The van der Waals surface area contributed by atoms with Crippen LogP contribution in [0.3, 0.4) is 0 Å². The van der Waals surface area contributed by atoms with Crippen LogP contribution in [0.2, 0.25) is 0 Å². The standard InChI is InChI=1S/C17H23N3OS/c18-11-15-2-1-3-16(10-15)12-19-13-17(4-9-22-14-17)20-5-7-21-8-6-20/h1-3,10,19H,4-9,12-14H2/t17-/m1/s1. The molecular formula is C17H23N3OS. The highest BCUT2D eigenvalue weighted by Gasteiger charge is 2.40. The van der Waals surface area contributed by atoms with Gasteiger partial charge in [0.05, 0.1) is 24.8 Å². The topological polar surface area (TPSA) is 48.3 Å². The number of morpholine rings is 1. The van der Waals surface area contributed by atoms with Crippen LogP contribution in [-0.4, -0.2) is 54.8 Å². The smallest absolute Gasteiger partial charge is 0.0991 e. The number of hydrogen-bond donors (Lipinski definition) is 1. The van der Waals surface area contributed by atoms with Gasteiger partial charge in [-0.2, -0.15) is 17.0 Å². The lowest BCUT2D eigenvalue weighted by Gasteiger charge is -2.43. The van der Waals surface area contributed by atoms with Gasteiger partial charge in [0.1, 0.15) is 0 Å². The molecule has 2 aliphatic heterocycles. The van der Waals surface area contributed by atoms with Crippen LogP contribution in [0.1, 0.15) is 17.5 Å². The predicted molar refractivity (Wildman–Crippen MR) is 89.9 cm³/mol. The number of nitriles is 1. The zero-order valence-corrected chi connectivity index (χ0v) is 13.7. The zero-order chi connectivity index (χ0) is 15.3. The largest absolute Gasteiger partial charge is 0.379 e. The highest BCUT2D eigenvalue weighted by molar-refractivity contribution is 7.99. The summed E-state index contributed by atoms with van der Waals surface area (Å²) in [6, 6.07) is 10.1. The Hall–Kier alpha value is -1.06.